The van der Waals surface area contributed by atoms with E-state index in [1.54, 1.807) is 0 Å². The van der Waals surface area contributed by atoms with E-state index in [1.165, 1.54) is 51.4 Å². The van der Waals surface area contributed by atoms with Crippen LogP contribution in [0.25, 0.3) is 0 Å². The molecule has 214 valence electrons. The third-order valence-corrected chi connectivity index (χ3v) is 7.63. The molecule has 0 aromatic carbocycles. The van der Waals surface area contributed by atoms with E-state index in [9.17, 15) is 0 Å². The summed E-state index contributed by atoms with van der Waals surface area (Å²) in [4.78, 5) is 0. The normalized spacial score (nSPS) is 28.0. The van der Waals surface area contributed by atoms with E-state index in [-0.39, 0.29) is 18.3 Å². The predicted octanol–water partition coefficient (Wildman–Crippen LogP) is 7.26. The Balaban J connectivity index is 1.78. The van der Waals surface area contributed by atoms with Crippen molar-refractivity contribution in [2.24, 2.45) is 5.73 Å². The molecular weight excluding hydrogens is 454 g/mol. The van der Waals surface area contributed by atoms with Gasteiger partial charge in [-0.15, -0.1) is 0 Å². The van der Waals surface area contributed by atoms with Gasteiger partial charge >= 0.3 is 0 Å². The standard InChI is InChI=1S/C30H59NO5/c1-6-9-11-12-13-14-16-22-32-23-18-21-30(33-24-17-15-20-25(31)19-10-7-2)28-27(26(8-3)34-30)35-29(4,5)36-28/h25-28H,6-24,31H2,1-5H3/t25?,26-,27+,28+,30+/m1/s1. The van der Waals surface area contributed by atoms with Gasteiger partial charge in [0.1, 0.15) is 12.2 Å². The summed E-state index contributed by atoms with van der Waals surface area (Å²) in [6.45, 7) is 12.8. The molecule has 0 radical (unpaired) electrons. The molecule has 2 saturated heterocycles. The Bertz CT molecular complexity index is 559. The average Bonchev–Trinajstić information content (AvgIpc) is 3.32. The minimum Gasteiger partial charge on any atom is -0.381 e. The molecule has 2 fully saturated rings. The van der Waals surface area contributed by atoms with Crippen LogP contribution >= 0.6 is 0 Å². The fourth-order valence-corrected chi connectivity index (χ4v) is 5.54. The highest BCUT2D eigenvalue weighted by atomic mass is 16.8. The third-order valence-electron chi connectivity index (χ3n) is 7.63. The fraction of sp³-hybridized carbons (Fsp3) is 1.00. The average molecular weight is 514 g/mol. The van der Waals surface area contributed by atoms with Gasteiger partial charge in [-0.25, -0.2) is 0 Å². The van der Waals surface area contributed by atoms with Gasteiger partial charge in [0.2, 0.25) is 0 Å². The van der Waals surface area contributed by atoms with Crippen LogP contribution in [0, 0.1) is 0 Å². The SMILES string of the molecule is CCCCCCCCCOCCC[C@]1(OCCCCC(N)CCCC)O[C@H](CC)[C@@H]2OC(C)(C)O[C@@H]21. The molecule has 0 aromatic heterocycles. The molecule has 2 aliphatic rings. The number of ether oxygens (including phenoxy) is 5. The Morgan fingerprint density at radius 3 is 2.08 bits per heavy atom. The summed E-state index contributed by atoms with van der Waals surface area (Å²) < 4.78 is 31.8. The highest BCUT2D eigenvalue weighted by molar-refractivity contribution is 5.02. The molecule has 6 heteroatoms. The van der Waals surface area contributed by atoms with Gasteiger partial charge in [0.25, 0.3) is 0 Å². The molecule has 5 atom stereocenters. The topological polar surface area (TPSA) is 72.2 Å². The van der Waals surface area contributed by atoms with E-state index in [2.05, 4.69) is 20.8 Å². The number of nitrogens with two attached hydrogens (primary N) is 1. The van der Waals surface area contributed by atoms with Crippen molar-refractivity contribution in [1.82, 2.24) is 0 Å². The van der Waals surface area contributed by atoms with Gasteiger partial charge in [-0.2, -0.15) is 0 Å². The quantitative estimate of drug-likeness (QED) is 0.154. The van der Waals surface area contributed by atoms with Crippen LogP contribution in [-0.4, -0.2) is 55.7 Å². The van der Waals surface area contributed by atoms with E-state index in [4.69, 9.17) is 29.4 Å². The molecule has 0 saturated carbocycles. The molecule has 0 bridgehead atoms. The van der Waals surface area contributed by atoms with E-state index in [1.807, 2.05) is 13.8 Å². The zero-order valence-electron chi connectivity index (χ0n) is 24.4. The maximum absolute atomic E-state index is 6.58. The molecule has 2 heterocycles. The summed E-state index contributed by atoms with van der Waals surface area (Å²) in [5, 5.41) is 0. The second-order valence-electron chi connectivity index (χ2n) is 11.5. The highest BCUT2D eigenvalue weighted by Crippen LogP contribution is 2.47. The molecule has 36 heavy (non-hydrogen) atoms. The van der Waals surface area contributed by atoms with Gasteiger partial charge in [0, 0.05) is 25.7 Å². The van der Waals surface area contributed by atoms with Gasteiger partial charge in [0.15, 0.2) is 11.6 Å². The monoisotopic (exact) mass is 513 g/mol. The second-order valence-corrected chi connectivity index (χ2v) is 11.5. The molecule has 2 aliphatic heterocycles. The smallest absolute Gasteiger partial charge is 0.198 e. The van der Waals surface area contributed by atoms with Crippen molar-refractivity contribution >= 4 is 0 Å². The summed E-state index contributed by atoms with van der Waals surface area (Å²) in [6, 6.07) is 0.302. The maximum atomic E-state index is 6.58. The van der Waals surface area contributed by atoms with E-state index < -0.39 is 11.6 Å². The van der Waals surface area contributed by atoms with Crippen molar-refractivity contribution in [3.05, 3.63) is 0 Å². The van der Waals surface area contributed by atoms with Gasteiger partial charge in [-0.3, -0.25) is 0 Å². The second kappa shape index (κ2) is 17.4. The first-order valence-electron chi connectivity index (χ1n) is 15.4. The Kier molecular flexibility index (Phi) is 15.4. The third kappa shape index (κ3) is 10.9. The van der Waals surface area contributed by atoms with Crippen LogP contribution in [-0.2, 0) is 23.7 Å². The lowest BCUT2D eigenvalue weighted by Gasteiger charge is -2.35. The Morgan fingerprint density at radius 2 is 1.36 bits per heavy atom. The number of rotatable bonds is 22. The van der Waals surface area contributed by atoms with Crippen LogP contribution < -0.4 is 5.73 Å². The first-order chi connectivity index (χ1) is 17.4. The number of fused-ring (bicyclic) bond motifs is 1. The van der Waals surface area contributed by atoms with Crippen molar-refractivity contribution in [3.63, 3.8) is 0 Å². The van der Waals surface area contributed by atoms with Crippen molar-refractivity contribution in [3.8, 4) is 0 Å². The first-order valence-corrected chi connectivity index (χ1v) is 15.4. The number of hydrogen-bond acceptors (Lipinski definition) is 6. The van der Waals surface area contributed by atoms with Crippen molar-refractivity contribution in [1.29, 1.82) is 0 Å². The van der Waals surface area contributed by atoms with Crippen molar-refractivity contribution in [2.45, 2.75) is 173 Å². The molecule has 0 aromatic rings. The number of unbranched alkanes of at least 4 members (excludes halogenated alkanes) is 8. The molecule has 0 amide bonds. The summed E-state index contributed by atoms with van der Waals surface area (Å²) in [5.41, 5.74) is 6.26. The molecule has 0 spiro atoms. The first kappa shape index (κ1) is 32.0. The Hall–Kier alpha value is -0.240. The largest absolute Gasteiger partial charge is 0.381 e. The molecule has 0 aliphatic carbocycles. The minimum atomic E-state index is -0.758. The molecule has 2 N–H and O–H groups in total. The lowest BCUT2D eigenvalue weighted by molar-refractivity contribution is -0.296. The number of hydrogen-bond donors (Lipinski definition) is 1. The fourth-order valence-electron chi connectivity index (χ4n) is 5.54. The molecule has 6 nitrogen and oxygen atoms in total. The highest BCUT2D eigenvalue weighted by Gasteiger charge is 2.62. The van der Waals surface area contributed by atoms with Crippen molar-refractivity contribution in [2.75, 3.05) is 19.8 Å². The van der Waals surface area contributed by atoms with Crippen LogP contribution in [0.3, 0.4) is 0 Å². The van der Waals surface area contributed by atoms with E-state index in [0.29, 0.717) is 12.6 Å². The predicted molar refractivity (Wildman–Crippen MR) is 147 cm³/mol. The summed E-state index contributed by atoms with van der Waals surface area (Å²) in [5.74, 6) is -1.37. The van der Waals surface area contributed by atoms with Crippen LogP contribution in [0.2, 0.25) is 0 Å². The summed E-state index contributed by atoms with van der Waals surface area (Å²) >= 11 is 0. The van der Waals surface area contributed by atoms with Crippen LogP contribution in [0.5, 0.6) is 0 Å². The van der Waals surface area contributed by atoms with Gasteiger partial charge < -0.3 is 29.4 Å². The Morgan fingerprint density at radius 1 is 0.722 bits per heavy atom. The lowest BCUT2D eigenvalue weighted by atomic mass is 9.99. The Labute approximate surface area is 222 Å². The maximum Gasteiger partial charge on any atom is 0.198 e. The van der Waals surface area contributed by atoms with E-state index in [0.717, 1.165) is 64.6 Å². The zero-order chi connectivity index (χ0) is 26.3. The summed E-state index contributed by atoms with van der Waals surface area (Å²) in [7, 11) is 0. The van der Waals surface area contributed by atoms with Crippen LogP contribution in [0.15, 0.2) is 0 Å². The summed E-state index contributed by atoms with van der Waals surface area (Å²) in [6.07, 6.45) is 18.0. The van der Waals surface area contributed by atoms with Gasteiger partial charge in [-0.05, 0) is 58.8 Å². The molecular formula is C30H59NO5. The molecule has 1 unspecified atom stereocenters. The van der Waals surface area contributed by atoms with Crippen LogP contribution in [0.1, 0.15) is 137 Å². The van der Waals surface area contributed by atoms with Crippen LogP contribution in [0.4, 0.5) is 0 Å². The molecule has 2 rings (SSSR count). The van der Waals surface area contributed by atoms with E-state index >= 15 is 0 Å². The minimum absolute atomic E-state index is 0.00660. The zero-order valence-corrected chi connectivity index (χ0v) is 24.4. The van der Waals surface area contributed by atoms with Crippen molar-refractivity contribution < 1.29 is 23.7 Å². The lowest BCUT2D eigenvalue weighted by Crippen LogP contribution is -2.46. The van der Waals surface area contributed by atoms with Gasteiger partial charge in [-0.1, -0.05) is 72.1 Å². The van der Waals surface area contributed by atoms with Gasteiger partial charge in [0.05, 0.1) is 12.7 Å².